The number of alkyl halides is 3. The van der Waals surface area contributed by atoms with Crippen LogP contribution in [0.15, 0.2) is 60.8 Å². The molecule has 0 aliphatic carbocycles. The van der Waals surface area contributed by atoms with E-state index in [1.54, 1.807) is 0 Å². The number of halogens is 4. The highest BCUT2D eigenvalue weighted by molar-refractivity contribution is 5.85. The van der Waals surface area contributed by atoms with Gasteiger partial charge in [0.15, 0.2) is 23.7 Å². The van der Waals surface area contributed by atoms with Crippen molar-refractivity contribution < 1.29 is 26.8 Å². The van der Waals surface area contributed by atoms with Gasteiger partial charge in [-0.3, -0.25) is 4.48 Å². The van der Waals surface area contributed by atoms with Crippen molar-refractivity contribution in [3.8, 4) is 11.3 Å². The van der Waals surface area contributed by atoms with Gasteiger partial charge in [0.05, 0.1) is 25.1 Å². The van der Waals surface area contributed by atoms with Crippen molar-refractivity contribution in [1.82, 2.24) is 19.9 Å². The van der Waals surface area contributed by atoms with Gasteiger partial charge in [0.2, 0.25) is 5.95 Å². The lowest BCUT2D eigenvalue weighted by Crippen LogP contribution is -2.56. The number of anilines is 2. The Balaban J connectivity index is 1.45. The van der Waals surface area contributed by atoms with Crippen LogP contribution in [0.2, 0.25) is 0 Å². The number of fused-ring (bicyclic) bond motifs is 1. The van der Waals surface area contributed by atoms with Gasteiger partial charge in [0, 0.05) is 11.1 Å². The van der Waals surface area contributed by atoms with Gasteiger partial charge in [-0.2, -0.15) is 23.1 Å². The minimum Gasteiger partial charge on any atom is -0.370 e. The molecular formula is C26H26F4N7O+. The van der Waals surface area contributed by atoms with Gasteiger partial charge in [-0.15, -0.1) is 0 Å². The number of morpholine rings is 1. The molecule has 5 rings (SSSR count). The van der Waals surface area contributed by atoms with E-state index in [1.165, 1.54) is 36.0 Å². The van der Waals surface area contributed by atoms with Gasteiger partial charge in [-0.05, 0) is 24.3 Å². The highest BCUT2D eigenvalue weighted by atomic mass is 19.4. The van der Waals surface area contributed by atoms with E-state index in [0.29, 0.717) is 35.6 Å². The van der Waals surface area contributed by atoms with Crippen LogP contribution in [0.3, 0.4) is 0 Å². The summed E-state index contributed by atoms with van der Waals surface area (Å²) in [5, 5.41) is 5.56. The molecule has 0 atom stereocenters. The van der Waals surface area contributed by atoms with Crippen LogP contribution in [-0.2, 0) is 11.3 Å². The predicted molar refractivity (Wildman–Crippen MR) is 135 cm³/mol. The van der Waals surface area contributed by atoms with Gasteiger partial charge >= 0.3 is 6.18 Å². The molecule has 198 valence electrons. The maximum atomic E-state index is 13.3. The summed E-state index contributed by atoms with van der Waals surface area (Å²) < 4.78 is 58.8. The van der Waals surface area contributed by atoms with Crippen molar-refractivity contribution in [2.75, 3.05) is 50.2 Å². The highest BCUT2D eigenvalue weighted by Crippen LogP contribution is 2.26. The molecule has 38 heavy (non-hydrogen) atoms. The van der Waals surface area contributed by atoms with Gasteiger partial charge in [0.25, 0.3) is 0 Å². The number of aromatic nitrogens is 4. The Labute approximate surface area is 216 Å². The third kappa shape index (κ3) is 6.32. The molecule has 3 heterocycles. The molecule has 8 nitrogen and oxygen atoms in total. The first-order chi connectivity index (χ1) is 18.3. The Hall–Kier alpha value is -3.90. The van der Waals surface area contributed by atoms with E-state index in [0.717, 1.165) is 19.6 Å². The molecule has 0 radical (unpaired) electrons. The van der Waals surface area contributed by atoms with Crippen molar-refractivity contribution in [1.29, 1.82) is 0 Å². The number of nitrogens with one attached hydrogen (secondary N) is 2. The van der Waals surface area contributed by atoms with E-state index >= 15 is 0 Å². The van der Waals surface area contributed by atoms with E-state index in [1.807, 2.05) is 18.2 Å². The number of rotatable bonds is 8. The molecule has 0 unspecified atom stereocenters. The molecule has 4 aromatic rings. The number of benzene rings is 2. The fourth-order valence-electron chi connectivity index (χ4n) is 4.37. The fourth-order valence-corrected chi connectivity index (χ4v) is 4.37. The summed E-state index contributed by atoms with van der Waals surface area (Å²) in [7, 11) is 0. The summed E-state index contributed by atoms with van der Waals surface area (Å²) >= 11 is 0. The molecule has 0 saturated carbocycles. The van der Waals surface area contributed by atoms with Crippen LogP contribution < -0.4 is 10.6 Å². The lowest BCUT2D eigenvalue weighted by atomic mass is 10.1. The largest absolute Gasteiger partial charge is 0.405 e. The Bertz CT molecular complexity index is 1380. The Morgan fingerprint density at radius 2 is 1.63 bits per heavy atom. The van der Waals surface area contributed by atoms with Gasteiger partial charge in [0.1, 0.15) is 32.0 Å². The van der Waals surface area contributed by atoms with Crippen molar-refractivity contribution >= 4 is 22.9 Å². The molecule has 1 fully saturated rings. The average Bonchev–Trinajstić information content (AvgIpc) is 2.91. The third-order valence-corrected chi connectivity index (χ3v) is 6.36. The van der Waals surface area contributed by atoms with Crippen LogP contribution >= 0.6 is 0 Å². The Morgan fingerprint density at radius 1 is 0.895 bits per heavy atom. The van der Waals surface area contributed by atoms with Gasteiger partial charge < -0.3 is 15.4 Å². The van der Waals surface area contributed by atoms with E-state index in [9.17, 15) is 17.6 Å². The van der Waals surface area contributed by atoms with E-state index in [-0.39, 0.29) is 22.9 Å². The predicted octanol–water partition coefficient (Wildman–Crippen LogP) is 4.62. The van der Waals surface area contributed by atoms with Crippen LogP contribution in [0.4, 0.5) is 29.3 Å². The second-order valence-corrected chi connectivity index (χ2v) is 9.18. The number of ether oxygens (including phenoxy) is 1. The molecule has 2 aromatic heterocycles. The number of quaternary nitrogens is 1. The SMILES string of the molecule is Fc1ccc(-c2cnc3nc(NC[N+]4(Cc5ccccc5)CCOCC4)nc(NCC(F)(F)F)c3n2)cc1. The van der Waals surface area contributed by atoms with Gasteiger partial charge in [-0.1, -0.05) is 30.3 Å². The average molecular weight is 529 g/mol. The van der Waals surface area contributed by atoms with Crippen molar-refractivity contribution in [2.24, 2.45) is 0 Å². The first-order valence-electron chi connectivity index (χ1n) is 12.1. The summed E-state index contributed by atoms with van der Waals surface area (Å²) in [5.74, 6) is -0.368. The molecule has 12 heteroatoms. The monoisotopic (exact) mass is 528 g/mol. The summed E-state index contributed by atoms with van der Waals surface area (Å²) in [5.41, 5.74) is 2.31. The zero-order valence-electron chi connectivity index (χ0n) is 20.4. The minimum atomic E-state index is -4.47. The van der Waals surface area contributed by atoms with Crippen LogP contribution in [0, 0.1) is 5.82 Å². The lowest BCUT2D eigenvalue weighted by molar-refractivity contribution is -0.944. The van der Waals surface area contributed by atoms with Crippen LogP contribution in [-0.4, -0.2) is 70.1 Å². The molecule has 0 spiro atoms. The summed E-state index contributed by atoms with van der Waals surface area (Å²) in [6.07, 6.45) is -3.02. The molecule has 1 saturated heterocycles. The maximum Gasteiger partial charge on any atom is 0.405 e. The molecule has 1 aliphatic heterocycles. The topological polar surface area (TPSA) is 84.9 Å². The molecule has 2 N–H and O–H groups in total. The lowest BCUT2D eigenvalue weighted by Gasteiger charge is -2.41. The Kier molecular flexibility index (Phi) is 7.34. The smallest absolute Gasteiger partial charge is 0.370 e. The highest BCUT2D eigenvalue weighted by Gasteiger charge is 2.31. The van der Waals surface area contributed by atoms with Crippen LogP contribution in [0.5, 0.6) is 0 Å². The summed E-state index contributed by atoms with van der Waals surface area (Å²) in [4.78, 5) is 17.6. The maximum absolute atomic E-state index is 13.3. The zero-order valence-corrected chi connectivity index (χ0v) is 20.4. The van der Waals surface area contributed by atoms with E-state index < -0.39 is 18.5 Å². The van der Waals surface area contributed by atoms with Gasteiger partial charge in [-0.25, -0.2) is 14.4 Å². The number of hydrogen-bond donors (Lipinski definition) is 2. The first-order valence-corrected chi connectivity index (χ1v) is 12.1. The van der Waals surface area contributed by atoms with Crippen molar-refractivity contribution in [3.63, 3.8) is 0 Å². The summed E-state index contributed by atoms with van der Waals surface area (Å²) in [6, 6.07) is 15.6. The zero-order chi connectivity index (χ0) is 26.6. The molecule has 2 aromatic carbocycles. The number of nitrogens with zero attached hydrogens (tertiary/aromatic N) is 5. The third-order valence-electron chi connectivity index (χ3n) is 6.36. The van der Waals surface area contributed by atoms with Crippen LogP contribution in [0.25, 0.3) is 22.4 Å². The number of hydrogen-bond acceptors (Lipinski definition) is 7. The van der Waals surface area contributed by atoms with Crippen molar-refractivity contribution in [3.05, 3.63) is 72.2 Å². The fraction of sp³-hybridized carbons (Fsp3) is 0.308. The normalized spacial score (nSPS) is 15.4. The summed E-state index contributed by atoms with van der Waals surface area (Å²) in [6.45, 7) is 2.62. The quantitative estimate of drug-likeness (QED) is 0.255. The molecule has 0 bridgehead atoms. The van der Waals surface area contributed by atoms with Crippen molar-refractivity contribution in [2.45, 2.75) is 12.7 Å². The molecular weight excluding hydrogens is 502 g/mol. The first kappa shape index (κ1) is 25.7. The Morgan fingerprint density at radius 3 is 2.34 bits per heavy atom. The van der Waals surface area contributed by atoms with Crippen LogP contribution in [0.1, 0.15) is 5.56 Å². The standard InChI is InChI=1S/C26H26F4N7O/c27-20-8-6-19(7-9-20)21-14-31-23-22(34-21)24(32-16-26(28,29)30)36-25(35-23)33-17-37(10-12-38-13-11-37)15-18-4-2-1-3-5-18/h1-9,14H,10-13,15-17H2,(H2,31,32,33,35,36)/q+1. The minimum absolute atomic E-state index is 0.0844. The molecule has 1 aliphatic rings. The second kappa shape index (κ2) is 10.8. The second-order valence-electron chi connectivity index (χ2n) is 9.18. The molecule has 0 amide bonds. The van der Waals surface area contributed by atoms with E-state index in [4.69, 9.17) is 4.74 Å². The van der Waals surface area contributed by atoms with E-state index in [2.05, 4.69) is 42.7 Å².